The molecule has 7 nitrogen and oxygen atoms in total. The van der Waals surface area contributed by atoms with Crippen LogP contribution in [0.1, 0.15) is 41.7 Å². The largest absolute Gasteiger partial charge is 0.416 e. The number of alkyl halides is 6. The first kappa shape index (κ1) is 26.7. The van der Waals surface area contributed by atoms with Crippen molar-refractivity contribution in [1.29, 1.82) is 0 Å². The fraction of sp³-hybridized carbons (Fsp3) is 0.560. The first-order valence-electron chi connectivity index (χ1n) is 12.3. The van der Waals surface area contributed by atoms with Crippen LogP contribution in [0.4, 0.5) is 26.3 Å². The predicted octanol–water partition coefficient (Wildman–Crippen LogP) is 3.67. The van der Waals surface area contributed by atoms with Gasteiger partial charge in [-0.2, -0.15) is 26.3 Å². The number of fused-ring (bicyclic) bond motifs is 2. The molecule has 3 aliphatic rings. The summed E-state index contributed by atoms with van der Waals surface area (Å²) in [7, 11) is 0. The molecule has 3 unspecified atom stereocenters. The van der Waals surface area contributed by atoms with E-state index in [0.717, 1.165) is 25.0 Å². The minimum Gasteiger partial charge on any atom is -0.367 e. The minimum absolute atomic E-state index is 0.0268. The van der Waals surface area contributed by atoms with E-state index >= 15 is 0 Å². The number of rotatable bonds is 7. The molecule has 0 bridgehead atoms. The van der Waals surface area contributed by atoms with Crippen molar-refractivity contribution in [2.24, 2.45) is 5.92 Å². The molecule has 3 fully saturated rings. The van der Waals surface area contributed by atoms with Crippen LogP contribution in [0, 0.1) is 5.92 Å². The molecule has 2 aliphatic carbocycles. The van der Waals surface area contributed by atoms with Gasteiger partial charge in [0.25, 0.3) is 5.91 Å². The smallest absolute Gasteiger partial charge is 0.367 e. The highest BCUT2D eigenvalue weighted by Crippen LogP contribution is 2.53. The zero-order chi connectivity index (χ0) is 27.3. The van der Waals surface area contributed by atoms with Crippen molar-refractivity contribution in [2.45, 2.75) is 55.7 Å². The number of nitrogens with one attached hydrogen (secondary N) is 2. The molecule has 2 saturated carbocycles. The van der Waals surface area contributed by atoms with Crippen LogP contribution >= 0.6 is 0 Å². The molecule has 2 heterocycles. The van der Waals surface area contributed by atoms with E-state index < -0.39 is 42.0 Å². The molecule has 1 aromatic heterocycles. The molecule has 2 N–H and O–H groups in total. The summed E-state index contributed by atoms with van der Waals surface area (Å²) < 4.78 is 81.9. The first-order chi connectivity index (χ1) is 17.8. The van der Waals surface area contributed by atoms with Gasteiger partial charge in [0.15, 0.2) is 0 Å². The van der Waals surface area contributed by atoms with Crippen LogP contribution in [-0.2, 0) is 15.7 Å². The van der Waals surface area contributed by atoms with Crippen molar-refractivity contribution in [3.8, 4) is 0 Å². The molecular weight excluding hydrogens is 518 g/mol. The van der Waals surface area contributed by atoms with Gasteiger partial charge in [-0.1, -0.05) is 6.07 Å². The van der Waals surface area contributed by atoms with Crippen molar-refractivity contribution in [3.05, 3.63) is 41.6 Å². The Morgan fingerprint density at radius 2 is 1.89 bits per heavy atom. The Morgan fingerprint density at radius 1 is 1.11 bits per heavy atom. The van der Waals surface area contributed by atoms with Crippen molar-refractivity contribution < 1.29 is 40.7 Å². The highest BCUT2D eigenvalue weighted by atomic mass is 19.4. The zero-order valence-electron chi connectivity index (χ0n) is 20.2. The van der Waals surface area contributed by atoms with E-state index in [2.05, 4.69) is 15.6 Å². The van der Waals surface area contributed by atoms with Crippen molar-refractivity contribution in [1.82, 2.24) is 20.5 Å². The molecule has 5 rings (SSSR count). The average Bonchev–Trinajstić information content (AvgIpc) is 3.26. The summed E-state index contributed by atoms with van der Waals surface area (Å²) in [5, 5.41) is 6.14. The fourth-order valence-electron chi connectivity index (χ4n) is 5.74. The van der Waals surface area contributed by atoms with Gasteiger partial charge < -0.3 is 15.4 Å². The maximum atomic E-state index is 12.9. The number of aromatic nitrogens is 1. The number of amides is 2. The molecule has 2 aromatic rings. The Morgan fingerprint density at radius 3 is 2.55 bits per heavy atom. The zero-order valence-corrected chi connectivity index (χ0v) is 20.2. The Hall–Kier alpha value is -2.93. The molecule has 2 amide bonds. The Labute approximate surface area is 213 Å². The summed E-state index contributed by atoms with van der Waals surface area (Å²) in [6, 6.07) is 5.75. The summed E-state index contributed by atoms with van der Waals surface area (Å²) in [6.45, 7) is -0.849. The van der Waals surface area contributed by atoms with Crippen molar-refractivity contribution in [3.63, 3.8) is 0 Å². The Bertz CT molecular complexity index is 1240. The van der Waals surface area contributed by atoms with E-state index in [4.69, 9.17) is 4.74 Å². The molecule has 38 heavy (non-hydrogen) atoms. The van der Waals surface area contributed by atoms with Crippen LogP contribution in [0.15, 0.2) is 30.3 Å². The van der Waals surface area contributed by atoms with Gasteiger partial charge in [-0.05, 0) is 49.9 Å². The van der Waals surface area contributed by atoms with Gasteiger partial charge in [-0.3, -0.25) is 14.5 Å². The first-order valence-corrected chi connectivity index (χ1v) is 12.3. The van der Waals surface area contributed by atoms with E-state index in [0.29, 0.717) is 12.8 Å². The second-order valence-electron chi connectivity index (χ2n) is 10.3. The number of nitrogens with zero attached hydrogens (tertiary/aromatic N) is 2. The summed E-state index contributed by atoms with van der Waals surface area (Å²) in [6.07, 6.45) is -6.69. The monoisotopic (exact) mass is 544 g/mol. The van der Waals surface area contributed by atoms with E-state index in [9.17, 15) is 35.9 Å². The van der Waals surface area contributed by atoms with Gasteiger partial charge in [-0.25, -0.2) is 4.98 Å². The van der Waals surface area contributed by atoms with Gasteiger partial charge >= 0.3 is 12.4 Å². The number of carbonyl (C=O) groups excluding carboxylic acids is 2. The van der Waals surface area contributed by atoms with Gasteiger partial charge in [0.05, 0.1) is 23.7 Å². The second kappa shape index (κ2) is 9.67. The normalized spacial score (nSPS) is 27.4. The van der Waals surface area contributed by atoms with E-state index in [1.807, 2.05) is 0 Å². The van der Waals surface area contributed by atoms with Gasteiger partial charge in [0.2, 0.25) is 5.91 Å². The number of halogens is 6. The average molecular weight is 544 g/mol. The van der Waals surface area contributed by atoms with Gasteiger partial charge in [0, 0.05) is 36.0 Å². The molecule has 0 radical (unpaired) electrons. The quantitative estimate of drug-likeness (QED) is 0.520. The topological polar surface area (TPSA) is 83.6 Å². The van der Waals surface area contributed by atoms with Crippen LogP contribution in [0.5, 0.6) is 0 Å². The Balaban J connectivity index is 1.10. The maximum absolute atomic E-state index is 12.9. The molecule has 1 aromatic carbocycles. The molecular formula is C25H26F6N4O3. The molecule has 0 spiro atoms. The van der Waals surface area contributed by atoms with Crippen LogP contribution in [-0.4, -0.2) is 71.8 Å². The maximum Gasteiger partial charge on any atom is 0.416 e. The van der Waals surface area contributed by atoms with E-state index in [1.165, 1.54) is 23.1 Å². The summed E-state index contributed by atoms with van der Waals surface area (Å²) in [5.74, 6) is -0.765. The fourth-order valence-corrected chi connectivity index (χ4v) is 5.74. The lowest BCUT2D eigenvalue weighted by Gasteiger charge is -2.63. The van der Waals surface area contributed by atoms with Gasteiger partial charge in [-0.15, -0.1) is 0 Å². The van der Waals surface area contributed by atoms with Crippen LogP contribution in [0.2, 0.25) is 0 Å². The standard InChI is InChI=1S/C25H26F6N4O3/c26-24(27,28)13-35-8-6-16(11-35)38-12-21(36)34-23-7-5-17(23)20(10-23)33-22(37)19-3-1-14-9-15(25(29,30)31)2-4-18(14)32-19/h1-4,9,16-17,20H,5-8,10-13H2,(H,33,37)(H,34,36)/t16-,17?,20?,23?/m1/s1. The molecule has 206 valence electrons. The van der Waals surface area contributed by atoms with Crippen LogP contribution in [0.3, 0.4) is 0 Å². The van der Waals surface area contributed by atoms with Gasteiger partial charge in [0.1, 0.15) is 12.3 Å². The summed E-state index contributed by atoms with van der Waals surface area (Å²) in [4.78, 5) is 30.7. The lowest BCUT2D eigenvalue weighted by molar-refractivity contribution is -0.146. The SMILES string of the molecule is O=C(CO[C@@H]1CCN(CC(F)(F)F)C1)NC12CCC1C(NC(=O)c1ccc3cc(C(F)(F)F)ccc3n1)C2. The highest BCUT2D eigenvalue weighted by molar-refractivity contribution is 5.95. The third-order valence-corrected chi connectivity index (χ3v) is 7.72. The van der Waals surface area contributed by atoms with Crippen LogP contribution < -0.4 is 10.6 Å². The van der Waals surface area contributed by atoms with E-state index in [1.54, 1.807) is 0 Å². The van der Waals surface area contributed by atoms with Crippen LogP contribution in [0.25, 0.3) is 10.9 Å². The number of benzene rings is 1. The number of hydrogen-bond acceptors (Lipinski definition) is 5. The Kier molecular flexibility index (Phi) is 6.79. The molecule has 1 aliphatic heterocycles. The number of hydrogen-bond donors (Lipinski definition) is 2. The van der Waals surface area contributed by atoms with Crippen molar-refractivity contribution in [2.75, 3.05) is 26.2 Å². The van der Waals surface area contributed by atoms with E-state index in [-0.39, 0.29) is 54.2 Å². The highest BCUT2D eigenvalue weighted by Gasteiger charge is 2.61. The third kappa shape index (κ3) is 5.58. The number of pyridine rings is 1. The van der Waals surface area contributed by atoms with Crippen molar-refractivity contribution >= 4 is 22.7 Å². The lowest BCUT2D eigenvalue weighted by Crippen LogP contribution is -2.76. The second-order valence-corrected chi connectivity index (χ2v) is 10.3. The number of ether oxygens (including phenoxy) is 1. The molecule has 13 heteroatoms. The molecule has 4 atom stereocenters. The third-order valence-electron chi connectivity index (χ3n) is 7.72. The number of likely N-dealkylation sites (tertiary alicyclic amines) is 1. The summed E-state index contributed by atoms with van der Waals surface area (Å²) >= 11 is 0. The molecule has 1 saturated heterocycles. The predicted molar refractivity (Wildman–Crippen MR) is 123 cm³/mol. The summed E-state index contributed by atoms with van der Waals surface area (Å²) in [5.41, 5.74) is -0.879. The minimum atomic E-state index is -4.47. The number of carbonyl (C=O) groups is 2. The lowest BCUT2D eigenvalue weighted by atomic mass is 9.50.